The van der Waals surface area contributed by atoms with Crippen molar-refractivity contribution < 1.29 is 4.21 Å². The van der Waals surface area contributed by atoms with Gasteiger partial charge < -0.3 is 0 Å². The van der Waals surface area contributed by atoms with Crippen molar-refractivity contribution in [1.82, 2.24) is 0 Å². The van der Waals surface area contributed by atoms with Crippen LogP contribution in [0.15, 0.2) is 0 Å². The van der Waals surface area contributed by atoms with E-state index in [1.165, 1.54) is 83.5 Å². The zero-order valence-corrected chi connectivity index (χ0v) is 14.0. The summed E-state index contributed by atoms with van der Waals surface area (Å²) >= 11 is 0. The molecule has 19 heavy (non-hydrogen) atoms. The van der Waals surface area contributed by atoms with Crippen molar-refractivity contribution in [2.75, 3.05) is 0 Å². The van der Waals surface area contributed by atoms with Gasteiger partial charge in [-0.15, -0.1) is 0 Å². The van der Waals surface area contributed by atoms with E-state index in [1.54, 1.807) is 0 Å². The maximum atomic E-state index is 11.9. The molecule has 1 rings (SSSR count). The molecular formula is C17H34OS. The van der Waals surface area contributed by atoms with Gasteiger partial charge in [0.05, 0.1) is 0 Å². The van der Waals surface area contributed by atoms with Gasteiger partial charge in [-0.1, -0.05) is 78.1 Å². The van der Waals surface area contributed by atoms with Gasteiger partial charge in [-0.2, -0.15) is 0 Å². The third-order valence-electron chi connectivity index (χ3n) is 4.50. The molecule has 1 heterocycles. The predicted octanol–water partition coefficient (Wildman–Crippen LogP) is 5.60. The molecule has 1 saturated heterocycles. The van der Waals surface area contributed by atoms with E-state index in [9.17, 15) is 4.21 Å². The van der Waals surface area contributed by atoms with Crippen LogP contribution in [0, 0.1) is 0 Å². The topological polar surface area (TPSA) is 17.1 Å². The van der Waals surface area contributed by atoms with Gasteiger partial charge in [-0.05, 0) is 19.3 Å². The largest absolute Gasteiger partial charge is 0.259 e. The quantitative estimate of drug-likeness (QED) is 0.452. The molecule has 0 aromatic heterocycles. The summed E-state index contributed by atoms with van der Waals surface area (Å²) in [5.41, 5.74) is 0. The third-order valence-corrected chi connectivity index (χ3v) is 6.66. The molecule has 0 saturated carbocycles. The molecule has 1 nitrogen and oxygen atoms in total. The lowest BCUT2D eigenvalue weighted by molar-refractivity contribution is 0.542. The van der Waals surface area contributed by atoms with Crippen LogP contribution in [0.25, 0.3) is 0 Å². The van der Waals surface area contributed by atoms with Crippen LogP contribution in [-0.2, 0) is 10.8 Å². The highest BCUT2D eigenvalue weighted by molar-refractivity contribution is 7.86. The molecular weight excluding hydrogens is 252 g/mol. The van der Waals surface area contributed by atoms with Crippen LogP contribution in [0.5, 0.6) is 0 Å². The number of unbranched alkanes of at least 4 members (excludes halogenated alkanes) is 9. The van der Waals surface area contributed by atoms with E-state index in [4.69, 9.17) is 0 Å². The maximum Gasteiger partial charge on any atom is 0.0351 e. The average molecular weight is 287 g/mol. The monoisotopic (exact) mass is 286 g/mol. The summed E-state index contributed by atoms with van der Waals surface area (Å²) < 4.78 is 11.9. The minimum atomic E-state index is -0.519. The van der Waals surface area contributed by atoms with Gasteiger partial charge in [0.15, 0.2) is 0 Å². The lowest BCUT2D eigenvalue weighted by Crippen LogP contribution is -2.12. The summed E-state index contributed by atoms with van der Waals surface area (Å²) in [5, 5.41) is 0.997. The minimum Gasteiger partial charge on any atom is -0.259 e. The van der Waals surface area contributed by atoms with E-state index >= 15 is 0 Å². The van der Waals surface area contributed by atoms with Crippen LogP contribution in [0.4, 0.5) is 0 Å². The van der Waals surface area contributed by atoms with Crippen LogP contribution in [-0.4, -0.2) is 14.7 Å². The average Bonchev–Trinajstić information content (AvgIpc) is 2.73. The van der Waals surface area contributed by atoms with E-state index < -0.39 is 10.8 Å². The lowest BCUT2D eigenvalue weighted by atomic mass is 10.0. The van der Waals surface area contributed by atoms with Gasteiger partial charge in [0.2, 0.25) is 0 Å². The first kappa shape index (κ1) is 17.2. The summed E-state index contributed by atoms with van der Waals surface area (Å²) in [6, 6.07) is 0. The summed E-state index contributed by atoms with van der Waals surface area (Å²) in [5.74, 6) is 0. The molecule has 0 aromatic carbocycles. The Morgan fingerprint density at radius 1 is 0.842 bits per heavy atom. The first-order valence-corrected chi connectivity index (χ1v) is 9.92. The minimum absolute atomic E-state index is 0.466. The lowest BCUT2D eigenvalue weighted by Gasteiger charge is -2.09. The smallest absolute Gasteiger partial charge is 0.0351 e. The van der Waals surface area contributed by atoms with Crippen molar-refractivity contribution in [1.29, 1.82) is 0 Å². The molecule has 1 aliphatic heterocycles. The van der Waals surface area contributed by atoms with Crippen molar-refractivity contribution in [3.63, 3.8) is 0 Å². The van der Waals surface area contributed by atoms with Gasteiger partial charge in [0.25, 0.3) is 0 Å². The molecule has 0 bridgehead atoms. The maximum absolute atomic E-state index is 11.9. The Morgan fingerprint density at radius 2 is 1.37 bits per heavy atom. The molecule has 1 fully saturated rings. The molecule has 3 atom stereocenters. The van der Waals surface area contributed by atoms with Gasteiger partial charge in [-0.3, -0.25) is 4.21 Å². The summed E-state index contributed by atoms with van der Waals surface area (Å²) in [6.45, 7) is 4.42. The summed E-state index contributed by atoms with van der Waals surface area (Å²) in [4.78, 5) is 0. The molecule has 0 aromatic rings. The van der Waals surface area contributed by atoms with Gasteiger partial charge in [0.1, 0.15) is 0 Å². The predicted molar refractivity (Wildman–Crippen MR) is 87.1 cm³/mol. The van der Waals surface area contributed by atoms with Crippen LogP contribution < -0.4 is 0 Å². The van der Waals surface area contributed by atoms with Crippen molar-refractivity contribution in [3.8, 4) is 0 Å². The first-order chi connectivity index (χ1) is 9.25. The first-order valence-electron chi connectivity index (χ1n) is 8.65. The van der Waals surface area contributed by atoms with E-state index in [2.05, 4.69) is 13.8 Å². The van der Waals surface area contributed by atoms with Crippen molar-refractivity contribution in [2.45, 2.75) is 108 Å². The molecule has 0 amide bonds. The Labute approximate surface area is 123 Å². The van der Waals surface area contributed by atoms with Crippen LogP contribution in [0.1, 0.15) is 97.3 Å². The molecule has 0 radical (unpaired) electrons. The van der Waals surface area contributed by atoms with Crippen LogP contribution in [0.3, 0.4) is 0 Å². The van der Waals surface area contributed by atoms with E-state index in [1.807, 2.05) is 0 Å². The fraction of sp³-hybridized carbons (Fsp3) is 1.00. The van der Waals surface area contributed by atoms with Crippen LogP contribution >= 0.6 is 0 Å². The van der Waals surface area contributed by atoms with Crippen molar-refractivity contribution in [2.24, 2.45) is 0 Å². The van der Waals surface area contributed by atoms with Crippen molar-refractivity contribution in [3.05, 3.63) is 0 Å². The molecule has 0 N–H and O–H groups in total. The standard InChI is InChI=1S/C17H34OS/c1-3-4-5-6-7-8-9-10-11-12-13-17-15-14-16(2)19(17)18/h16-17H,3-15H2,1-2H3. The van der Waals surface area contributed by atoms with Gasteiger partial charge >= 0.3 is 0 Å². The summed E-state index contributed by atoms with van der Waals surface area (Å²) in [7, 11) is -0.519. The molecule has 1 aliphatic rings. The zero-order chi connectivity index (χ0) is 13.9. The highest BCUT2D eigenvalue weighted by Gasteiger charge is 2.28. The second-order valence-electron chi connectivity index (χ2n) is 6.31. The Kier molecular flexibility index (Phi) is 9.85. The fourth-order valence-electron chi connectivity index (χ4n) is 3.10. The molecule has 0 spiro atoms. The van der Waals surface area contributed by atoms with Gasteiger partial charge in [-0.25, -0.2) is 0 Å². The highest BCUT2D eigenvalue weighted by atomic mass is 32.2. The second kappa shape index (κ2) is 10.9. The molecule has 2 heteroatoms. The third kappa shape index (κ3) is 7.48. The Bertz CT molecular complexity index is 239. The number of hydrogen-bond donors (Lipinski definition) is 0. The van der Waals surface area contributed by atoms with E-state index in [0.717, 1.165) is 0 Å². The highest BCUT2D eigenvalue weighted by Crippen LogP contribution is 2.27. The number of rotatable bonds is 11. The fourth-order valence-corrected chi connectivity index (χ4v) is 4.89. The van der Waals surface area contributed by atoms with Gasteiger partial charge in [0, 0.05) is 21.3 Å². The van der Waals surface area contributed by atoms with E-state index in [0.29, 0.717) is 10.5 Å². The van der Waals surface area contributed by atoms with E-state index in [-0.39, 0.29) is 0 Å². The SMILES string of the molecule is CCCCCCCCCCCCC1CCC(C)S1=O. The molecule has 3 unspecified atom stereocenters. The zero-order valence-electron chi connectivity index (χ0n) is 13.2. The second-order valence-corrected chi connectivity index (χ2v) is 8.44. The Morgan fingerprint density at radius 3 is 1.84 bits per heavy atom. The normalized spacial score (nSPS) is 26.9. The van der Waals surface area contributed by atoms with Crippen molar-refractivity contribution >= 4 is 10.8 Å². The Balaban J connectivity index is 1.83. The summed E-state index contributed by atoms with van der Waals surface area (Å²) in [6.07, 6.45) is 17.6. The molecule has 0 aliphatic carbocycles. The number of hydrogen-bond acceptors (Lipinski definition) is 1. The Hall–Kier alpha value is 0.150. The van der Waals surface area contributed by atoms with Crippen LogP contribution in [0.2, 0.25) is 0 Å². The molecule has 114 valence electrons.